The number of hydrogen-bond donors (Lipinski definition) is 1. The van der Waals surface area contributed by atoms with Crippen LogP contribution in [0.15, 0.2) is 42.5 Å². The maximum atomic E-state index is 12.4. The van der Waals surface area contributed by atoms with Gasteiger partial charge < -0.3 is 14.8 Å². The zero-order valence-corrected chi connectivity index (χ0v) is 17.2. The highest BCUT2D eigenvalue weighted by Gasteiger charge is 2.17. The predicted octanol–water partition coefficient (Wildman–Crippen LogP) is 5.13. The van der Waals surface area contributed by atoms with Crippen LogP contribution < -0.4 is 10.1 Å². The second-order valence-electron chi connectivity index (χ2n) is 7.20. The van der Waals surface area contributed by atoms with E-state index in [2.05, 4.69) is 33.0 Å². The molecule has 1 N–H and O–H groups in total. The summed E-state index contributed by atoms with van der Waals surface area (Å²) in [6.07, 6.45) is 0. The second-order valence-corrected chi connectivity index (χ2v) is 7.20. The lowest BCUT2D eigenvalue weighted by Gasteiger charge is -2.20. The van der Waals surface area contributed by atoms with Gasteiger partial charge in [0.2, 0.25) is 0 Å². The highest BCUT2D eigenvalue weighted by Crippen LogP contribution is 2.32. The van der Waals surface area contributed by atoms with Crippen LogP contribution in [0.25, 0.3) is 0 Å². The van der Waals surface area contributed by atoms with E-state index in [1.165, 1.54) is 0 Å². The van der Waals surface area contributed by atoms with Crippen LogP contribution in [0.5, 0.6) is 5.75 Å². The molecule has 2 aromatic rings. The molecule has 0 radical (unpaired) electrons. The second kappa shape index (κ2) is 9.93. The molecule has 2 aromatic carbocycles. The molecular weight excluding hydrogens is 354 g/mol. The van der Waals surface area contributed by atoms with Gasteiger partial charge in [0.1, 0.15) is 5.75 Å². The molecule has 0 aliphatic heterocycles. The first-order valence-corrected chi connectivity index (χ1v) is 9.66. The molecule has 0 bridgehead atoms. The number of rotatable bonds is 8. The molecule has 0 spiro atoms. The number of carbonyl (C=O) groups excluding carboxylic acids is 2. The minimum absolute atomic E-state index is 0.264. The number of ether oxygens (including phenoxy) is 2. The van der Waals surface area contributed by atoms with E-state index in [1.54, 1.807) is 24.3 Å². The van der Waals surface area contributed by atoms with E-state index in [0.29, 0.717) is 17.9 Å². The van der Waals surface area contributed by atoms with E-state index < -0.39 is 5.97 Å². The van der Waals surface area contributed by atoms with Crippen molar-refractivity contribution in [1.82, 2.24) is 0 Å². The first-order valence-electron chi connectivity index (χ1n) is 9.66. The van der Waals surface area contributed by atoms with Gasteiger partial charge in [-0.1, -0.05) is 45.9 Å². The van der Waals surface area contributed by atoms with Gasteiger partial charge >= 0.3 is 5.97 Å². The molecule has 0 aromatic heterocycles. The molecule has 0 aliphatic rings. The lowest BCUT2D eigenvalue weighted by Crippen LogP contribution is -2.22. The number of para-hydroxylation sites is 1. The normalized spacial score (nSPS) is 10.8. The lowest BCUT2D eigenvalue weighted by atomic mass is 9.92. The summed E-state index contributed by atoms with van der Waals surface area (Å²) in [7, 11) is 0. The first kappa shape index (κ1) is 21.5. The zero-order valence-electron chi connectivity index (χ0n) is 17.2. The summed E-state index contributed by atoms with van der Waals surface area (Å²) in [5.41, 5.74) is 3.33. The van der Waals surface area contributed by atoms with E-state index >= 15 is 0 Å². The summed E-state index contributed by atoms with van der Waals surface area (Å²) in [4.78, 5) is 24.6. The molecule has 2 rings (SSSR count). The van der Waals surface area contributed by atoms with Crippen LogP contribution in [0.3, 0.4) is 0 Å². The Morgan fingerprint density at radius 1 is 0.929 bits per heavy atom. The smallest absolute Gasteiger partial charge is 0.338 e. The lowest BCUT2D eigenvalue weighted by molar-refractivity contribution is -0.119. The monoisotopic (exact) mass is 383 g/mol. The van der Waals surface area contributed by atoms with Crippen molar-refractivity contribution in [2.75, 3.05) is 18.5 Å². The molecule has 1 amide bonds. The molecule has 0 unspecified atom stereocenters. The number of esters is 1. The van der Waals surface area contributed by atoms with E-state index in [1.807, 2.05) is 25.1 Å². The molecule has 5 nitrogen and oxygen atoms in total. The Balaban J connectivity index is 2.03. The van der Waals surface area contributed by atoms with Crippen LogP contribution in [0.4, 0.5) is 5.69 Å². The fourth-order valence-electron chi connectivity index (χ4n) is 2.94. The number of amides is 1. The number of hydrogen-bond acceptors (Lipinski definition) is 4. The highest BCUT2D eigenvalue weighted by atomic mass is 16.5. The summed E-state index contributed by atoms with van der Waals surface area (Å²) in [6.45, 7) is 10.4. The van der Waals surface area contributed by atoms with E-state index in [4.69, 9.17) is 9.47 Å². The van der Waals surface area contributed by atoms with Crippen LogP contribution in [0, 0.1) is 0 Å². The maximum Gasteiger partial charge on any atom is 0.338 e. The molecule has 0 saturated heterocycles. The number of benzene rings is 2. The average molecular weight is 383 g/mol. The third-order valence-electron chi connectivity index (χ3n) is 4.37. The Bertz CT molecular complexity index is 784. The first-order chi connectivity index (χ1) is 13.3. The van der Waals surface area contributed by atoms with Crippen LogP contribution in [-0.2, 0) is 9.53 Å². The Labute approximate surface area is 167 Å². The van der Waals surface area contributed by atoms with E-state index in [0.717, 1.165) is 16.8 Å². The van der Waals surface area contributed by atoms with Crippen molar-refractivity contribution in [1.29, 1.82) is 0 Å². The standard InChI is InChI=1S/C23H29NO4/c1-6-27-18-12-10-17(11-13-18)23(26)28-14-21(25)24-22-19(15(2)3)8-7-9-20(22)16(4)5/h7-13,15-16H,6,14H2,1-5H3,(H,24,25). The van der Waals surface area contributed by atoms with Crippen LogP contribution in [-0.4, -0.2) is 25.1 Å². The summed E-state index contributed by atoms with van der Waals surface area (Å²) in [5, 5.41) is 2.94. The number of nitrogens with one attached hydrogen (secondary N) is 1. The SMILES string of the molecule is CCOc1ccc(C(=O)OCC(=O)Nc2c(C(C)C)cccc2C(C)C)cc1. The molecule has 0 fully saturated rings. The van der Waals surface area contributed by atoms with Crippen molar-refractivity contribution in [2.45, 2.75) is 46.5 Å². The van der Waals surface area contributed by atoms with Gasteiger partial charge in [-0.2, -0.15) is 0 Å². The average Bonchev–Trinajstić information content (AvgIpc) is 2.66. The van der Waals surface area contributed by atoms with Gasteiger partial charge in [-0.25, -0.2) is 4.79 Å². The van der Waals surface area contributed by atoms with E-state index in [-0.39, 0.29) is 24.3 Å². The Morgan fingerprint density at radius 3 is 2.00 bits per heavy atom. The van der Waals surface area contributed by atoms with Crippen LogP contribution in [0.2, 0.25) is 0 Å². The molecule has 0 heterocycles. The molecule has 0 aliphatic carbocycles. The Morgan fingerprint density at radius 2 is 1.50 bits per heavy atom. The summed E-state index contributed by atoms with van der Waals surface area (Å²) >= 11 is 0. The van der Waals surface area contributed by atoms with Gasteiger partial charge in [-0.15, -0.1) is 0 Å². The van der Waals surface area contributed by atoms with Gasteiger partial charge in [0.25, 0.3) is 5.91 Å². The van der Waals surface area contributed by atoms with Crippen molar-refractivity contribution < 1.29 is 19.1 Å². The van der Waals surface area contributed by atoms with Crippen LogP contribution >= 0.6 is 0 Å². The Hall–Kier alpha value is -2.82. The van der Waals surface area contributed by atoms with Gasteiger partial charge in [-0.05, 0) is 54.2 Å². The molecule has 28 heavy (non-hydrogen) atoms. The van der Waals surface area contributed by atoms with E-state index in [9.17, 15) is 9.59 Å². The molecule has 0 saturated carbocycles. The van der Waals surface area contributed by atoms with Crippen molar-refractivity contribution in [3.05, 3.63) is 59.2 Å². The van der Waals surface area contributed by atoms with Gasteiger partial charge in [0.15, 0.2) is 6.61 Å². The van der Waals surface area contributed by atoms with Crippen molar-refractivity contribution >= 4 is 17.6 Å². The topological polar surface area (TPSA) is 64.6 Å². The third kappa shape index (κ3) is 5.59. The molecule has 5 heteroatoms. The van der Waals surface area contributed by atoms with Crippen molar-refractivity contribution in [3.63, 3.8) is 0 Å². The summed E-state index contributed by atoms with van der Waals surface area (Å²) in [6, 6.07) is 12.7. The van der Waals surface area contributed by atoms with Gasteiger partial charge in [-0.3, -0.25) is 4.79 Å². The van der Waals surface area contributed by atoms with Crippen molar-refractivity contribution in [3.8, 4) is 5.75 Å². The molecule has 150 valence electrons. The fraction of sp³-hybridized carbons (Fsp3) is 0.391. The van der Waals surface area contributed by atoms with Crippen LogP contribution in [0.1, 0.15) is 67.9 Å². The minimum Gasteiger partial charge on any atom is -0.494 e. The van der Waals surface area contributed by atoms with Crippen molar-refractivity contribution in [2.24, 2.45) is 0 Å². The summed E-state index contributed by atoms with van der Waals surface area (Å²) < 4.78 is 10.5. The zero-order chi connectivity index (χ0) is 20.7. The number of anilines is 1. The largest absolute Gasteiger partial charge is 0.494 e. The highest BCUT2D eigenvalue weighted by molar-refractivity contribution is 5.96. The summed E-state index contributed by atoms with van der Waals surface area (Å²) in [5.74, 6) is 0.317. The van der Waals surface area contributed by atoms with Gasteiger partial charge in [0.05, 0.1) is 12.2 Å². The van der Waals surface area contributed by atoms with Gasteiger partial charge in [0, 0.05) is 5.69 Å². The fourth-order valence-corrected chi connectivity index (χ4v) is 2.94. The maximum absolute atomic E-state index is 12.4. The predicted molar refractivity (Wildman–Crippen MR) is 111 cm³/mol. The molecule has 0 atom stereocenters. The number of carbonyl (C=O) groups is 2. The third-order valence-corrected chi connectivity index (χ3v) is 4.37. The Kier molecular flexibility index (Phi) is 7.61. The molecular formula is C23H29NO4. The minimum atomic E-state index is -0.542. The quantitative estimate of drug-likeness (QED) is 0.642.